The summed E-state index contributed by atoms with van der Waals surface area (Å²) >= 11 is 1.71. The lowest BCUT2D eigenvalue weighted by Gasteiger charge is -2.43. The van der Waals surface area contributed by atoms with Crippen LogP contribution in [0.4, 0.5) is 5.13 Å². The molecule has 2 bridgehead atoms. The van der Waals surface area contributed by atoms with Gasteiger partial charge in [-0.2, -0.15) is 0 Å². The van der Waals surface area contributed by atoms with E-state index in [1.807, 2.05) is 0 Å². The number of carbonyl (C=O) groups is 1. The van der Waals surface area contributed by atoms with Gasteiger partial charge in [-0.05, 0) is 61.7 Å². The van der Waals surface area contributed by atoms with Gasteiger partial charge in [0.2, 0.25) is 5.91 Å². The first-order chi connectivity index (χ1) is 14.4. The van der Waals surface area contributed by atoms with Crippen LogP contribution in [0.5, 0.6) is 0 Å². The van der Waals surface area contributed by atoms with E-state index in [1.165, 1.54) is 81.2 Å². The van der Waals surface area contributed by atoms with Gasteiger partial charge in [0.15, 0.2) is 5.13 Å². The zero-order chi connectivity index (χ0) is 21.2. The van der Waals surface area contributed by atoms with E-state index in [9.17, 15) is 4.79 Å². The molecule has 0 radical (unpaired) electrons. The minimum absolute atomic E-state index is 0.0574. The Labute approximate surface area is 187 Å². The molecule has 3 aliphatic carbocycles. The average Bonchev–Trinajstić information content (AvgIpc) is 3.30. The third-order valence-electron chi connectivity index (χ3n) is 8.33. The molecule has 2 saturated carbocycles. The number of rotatable bonds is 4. The van der Waals surface area contributed by atoms with E-state index >= 15 is 0 Å². The summed E-state index contributed by atoms with van der Waals surface area (Å²) in [6.45, 7) is 7.57. The summed E-state index contributed by atoms with van der Waals surface area (Å²) in [4.78, 5) is 19.0. The molecule has 2 N–H and O–H groups in total. The molecule has 5 heteroatoms. The Morgan fingerprint density at radius 1 is 1.03 bits per heavy atom. The molecule has 0 aliphatic heterocycles. The molecule has 0 aromatic carbocycles. The van der Waals surface area contributed by atoms with Gasteiger partial charge in [0.05, 0.1) is 12.2 Å². The molecule has 1 aromatic heterocycles. The Morgan fingerprint density at radius 3 is 2.37 bits per heavy atom. The molecule has 1 heterocycles. The van der Waals surface area contributed by atoms with Gasteiger partial charge in [0, 0.05) is 10.9 Å². The number of anilines is 1. The van der Waals surface area contributed by atoms with Crippen LogP contribution >= 0.6 is 11.3 Å². The fraction of sp³-hybridized carbons (Fsp3) is 0.840. The number of aryl methyl sites for hydroxylation is 2. The first-order valence-electron chi connectivity index (χ1n) is 12.4. The highest BCUT2D eigenvalue weighted by Gasteiger charge is 2.59. The van der Waals surface area contributed by atoms with Gasteiger partial charge < -0.3 is 10.6 Å². The van der Waals surface area contributed by atoms with Crippen molar-refractivity contribution in [1.82, 2.24) is 10.3 Å². The Balaban J connectivity index is 1.34. The van der Waals surface area contributed by atoms with Crippen LogP contribution in [-0.4, -0.2) is 23.5 Å². The molecular formula is C25H41N3OS. The molecule has 168 valence electrons. The van der Waals surface area contributed by atoms with Gasteiger partial charge in [0.1, 0.15) is 0 Å². The summed E-state index contributed by atoms with van der Waals surface area (Å²) < 4.78 is 0. The van der Waals surface area contributed by atoms with Crippen molar-refractivity contribution in [2.75, 3.05) is 11.9 Å². The van der Waals surface area contributed by atoms with E-state index in [0.717, 1.165) is 23.9 Å². The summed E-state index contributed by atoms with van der Waals surface area (Å²) in [7, 11) is 0. The number of nitrogens with zero attached hydrogens (tertiary/aromatic N) is 1. The van der Waals surface area contributed by atoms with Crippen molar-refractivity contribution in [3.63, 3.8) is 0 Å². The highest BCUT2D eigenvalue weighted by molar-refractivity contribution is 7.15. The molecule has 3 atom stereocenters. The molecule has 4 nitrogen and oxygen atoms in total. The smallest absolute Gasteiger partial charge is 0.240 e. The van der Waals surface area contributed by atoms with Gasteiger partial charge in [-0.1, -0.05) is 59.3 Å². The Bertz CT molecular complexity index is 708. The molecule has 0 saturated heterocycles. The molecule has 3 unspecified atom stereocenters. The Kier molecular flexibility index (Phi) is 6.88. The van der Waals surface area contributed by atoms with Gasteiger partial charge in [-0.25, -0.2) is 4.98 Å². The predicted octanol–water partition coefficient (Wildman–Crippen LogP) is 6.11. The first-order valence-corrected chi connectivity index (χ1v) is 13.2. The molecule has 4 rings (SSSR count). The van der Waals surface area contributed by atoms with Crippen LogP contribution < -0.4 is 10.6 Å². The predicted molar refractivity (Wildman–Crippen MR) is 126 cm³/mol. The molecule has 3 aliphatic rings. The van der Waals surface area contributed by atoms with Crippen molar-refractivity contribution in [3.05, 3.63) is 10.6 Å². The number of amides is 1. The monoisotopic (exact) mass is 431 g/mol. The maximum atomic E-state index is 12.7. The zero-order valence-corrected chi connectivity index (χ0v) is 20.1. The number of aromatic nitrogens is 1. The van der Waals surface area contributed by atoms with Crippen LogP contribution in [-0.2, 0) is 17.6 Å². The van der Waals surface area contributed by atoms with Crippen LogP contribution in [0.1, 0.15) is 102 Å². The average molecular weight is 432 g/mol. The third kappa shape index (κ3) is 4.77. The van der Waals surface area contributed by atoms with Crippen molar-refractivity contribution < 1.29 is 4.79 Å². The van der Waals surface area contributed by atoms with Crippen molar-refractivity contribution in [2.24, 2.45) is 16.7 Å². The summed E-state index contributed by atoms with van der Waals surface area (Å²) in [6.07, 6.45) is 16.7. The van der Waals surface area contributed by atoms with E-state index in [0.29, 0.717) is 18.0 Å². The second-order valence-electron chi connectivity index (χ2n) is 11.0. The molecule has 2 fully saturated rings. The van der Waals surface area contributed by atoms with E-state index in [2.05, 4.69) is 31.4 Å². The van der Waals surface area contributed by atoms with E-state index in [1.54, 1.807) is 11.3 Å². The second kappa shape index (κ2) is 9.28. The van der Waals surface area contributed by atoms with E-state index < -0.39 is 0 Å². The number of hydrogen-bond acceptors (Lipinski definition) is 4. The van der Waals surface area contributed by atoms with Crippen LogP contribution in [0, 0.1) is 16.7 Å². The molecule has 1 aromatic rings. The lowest BCUT2D eigenvalue weighted by Crippen LogP contribution is -2.52. The van der Waals surface area contributed by atoms with Crippen molar-refractivity contribution in [2.45, 2.75) is 110 Å². The number of carbonyl (C=O) groups excluding carboxylic acids is 1. The van der Waals surface area contributed by atoms with Crippen molar-refractivity contribution >= 4 is 22.4 Å². The van der Waals surface area contributed by atoms with Gasteiger partial charge in [-0.3, -0.25) is 4.79 Å². The van der Waals surface area contributed by atoms with Crippen molar-refractivity contribution in [3.8, 4) is 0 Å². The highest BCUT2D eigenvalue weighted by Crippen LogP contribution is 2.62. The number of thiazole rings is 1. The first kappa shape index (κ1) is 22.3. The summed E-state index contributed by atoms with van der Waals surface area (Å²) in [5.74, 6) is 0.852. The number of nitrogens with one attached hydrogen (secondary N) is 2. The maximum absolute atomic E-state index is 12.7. The van der Waals surface area contributed by atoms with Crippen LogP contribution in [0.15, 0.2) is 0 Å². The minimum atomic E-state index is 0.0574. The maximum Gasteiger partial charge on any atom is 0.240 e. The quantitative estimate of drug-likeness (QED) is 0.605. The van der Waals surface area contributed by atoms with Crippen LogP contribution in [0.2, 0.25) is 0 Å². The van der Waals surface area contributed by atoms with Gasteiger partial charge >= 0.3 is 0 Å². The largest absolute Gasteiger partial charge is 0.305 e. The second-order valence-corrected chi connectivity index (χ2v) is 12.1. The fourth-order valence-electron chi connectivity index (χ4n) is 6.64. The van der Waals surface area contributed by atoms with E-state index in [-0.39, 0.29) is 11.3 Å². The molecular weight excluding hydrogens is 390 g/mol. The fourth-order valence-corrected chi connectivity index (χ4v) is 7.70. The SMILES string of the molecule is CC12CCC(C1)C(C)(C)C2NCC(=O)Nc1nc2c(s1)CCCCCCCCCC2. The standard InChI is InChI=1S/C25H41N3OS/c1-24(2)18-14-15-25(3,16-18)22(24)26-17-21(29)28-23-27-19-12-10-8-6-4-5-7-9-11-13-20(19)30-23/h18,22,26H,4-17H2,1-3H3,(H,27,28,29). The Hall–Kier alpha value is -0.940. The molecule has 30 heavy (non-hydrogen) atoms. The minimum Gasteiger partial charge on any atom is -0.305 e. The Morgan fingerprint density at radius 2 is 1.70 bits per heavy atom. The summed E-state index contributed by atoms with van der Waals surface area (Å²) in [5, 5.41) is 7.56. The zero-order valence-electron chi connectivity index (χ0n) is 19.3. The van der Waals surface area contributed by atoms with Gasteiger partial charge in [0.25, 0.3) is 0 Å². The topological polar surface area (TPSA) is 54.0 Å². The molecule has 1 amide bonds. The van der Waals surface area contributed by atoms with Crippen LogP contribution in [0.3, 0.4) is 0 Å². The van der Waals surface area contributed by atoms with Gasteiger partial charge in [-0.15, -0.1) is 11.3 Å². The highest BCUT2D eigenvalue weighted by atomic mass is 32.1. The number of hydrogen-bond donors (Lipinski definition) is 2. The molecule has 0 spiro atoms. The third-order valence-corrected chi connectivity index (χ3v) is 9.40. The van der Waals surface area contributed by atoms with E-state index in [4.69, 9.17) is 4.98 Å². The normalized spacial score (nSPS) is 31.6. The van der Waals surface area contributed by atoms with Crippen LogP contribution in [0.25, 0.3) is 0 Å². The summed E-state index contributed by atoms with van der Waals surface area (Å²) in [5.41, 5.74) is 1.86. The lowest BCUT2D eigenvalue weighted by atomic mass is 9.68. The lowest BCUT2D eigenvalue weighted by molar-refractivity contribution is -0.115. The number of fused-ring (bicyclic) bond motifs is 3. The van der Waals surface area contributed by atoms with Crippen molar-refractivity contribution in [1.29, 1.82) is 0 Å². The summed E-state index contributed by atoms with van der Waals surface area (Å²) in [6, 6.07) is 0.423.